The Hall–Kier alpha value is -1.85. The first kappa shape index (κ1) is 11.6. The van der Waals surface area contributed by atoms with Crippen LogP contribution in [0, 0.1) is 0 Å². The lowest BCUT2D eigenvalue weighted by molar-refractivity contribution is 0.0690. The minimum atomic E-state index is -1.06. The van der Waals surface area contributed by atoms with Crippen LogP contribution in [0.2, 0.25) is 0 Å². The number of rotatable bonds is 5. The Morgan fingerprint density at radius 3 is 3.06 bits per heavy atom. The fourth-order valence-electron chi connectivity index (χ4n) is 1.90. The van der Waals surface area contributed by atoms with Crippen molar-refractivity contribution in [2.75, 3.05) is 0 Å². The lowest BCUT2D eigenvalue weighted by atomic mass is 10.1. The van der Waals surface area contributed by atoms with Crippen LogP contribution in [0.4, 0.5) is 0 Å². The van der Waals surface area contributed by atoms with E-state index in [1.807, 2.05) is 0 Å². The zero-order chi connectivity index (χ0) is 12.3. The fraction of sp³-hybridized carbons (Fsp3) is 0.545. The van der Waals surface area contributed by atoms with Gasteiger partial charge in [-0.05, 0) is 19.3 Å². The van der Waals surface area contributed by atoms with E-state index in [1.165, 1.54) is 6.26 Å². The summed E-state index contributed by atoms with van der Waals surface area (Å²) in [4.78, 5) is 18.7. The van der Waals surface area contributed by atoms with Gasteiger partial charge in [-0.3, -0.25) is 4.99 Å². The van der Waals surface area contributed by atoms with E-state index in [-0.39, 0.29) is 5.69 Å². The van der Waals surface area contributed by atoms with Gasteiger partial charge in [-0.15, -0.1) is 0 Å². The molecule has 1 atom stereocenters. The minimum absolute atomic E-state index is 0.0388. The molecule has 0 saturated heterocycles. The van der Waals surface area contributed by atoms with Gasteiger partial charge in [0, 0.05) is 12.8 Å². The van der Waals surface area contributed by atoms with Gasteiger partial charge >= 0.3 is 5.97 Å². The van der Waals surface area contributed by atoms with E-state index in [4.69, 9.17) is 15.3 Å². The second-order valence-corrected chi connectivity index (χ2v) is 4.14. The molecule has 1 aliphatic heterocycles. The van der Waals surface area contributed by atoms with Crippen molar-refractivity contribution in [3.8, 4) is 0 Å². The highest BCUT2D eigenvalue weighted by Gasteiger charge is 2.15. The number of oxazole rings is 1. The molecule has 0 spiro atoms. The van der Waals surface area contributed by atoms with Crippen molar-refractivity contribution < 1.29 is 14.3 Å². The summed E-state index contributed by atoms with van der Waals surface area (Å²) in [7, 11) is 0. The minimum Gasteiger partial charge on any atom is -0.476 e. The van der Waals surface area contributed by atoms with E-state index in [0.717, 1.165) is 31.5 Å². The van der Waals surface area contributed by atoms with E-state index in [1.54, 1.807) is 0 Å². The average molecular weight is 237 g/mol. The Kier molecular flexibility index (Phi) is 3.41. The summed E-state index contributed by atoms with van der Waals surface area (Å²) < 4.78 is 5.06. The van der Waals surface area contributed by atoms with Crippen LogP contribution in [0.1, 0.15) is 42.1 Å². The maximum Gasteiger partial charge on any atom is 0.357 e. The van der Waals surface area contributed by atoms with Crippen molar-refractivity contribution >= 4 is 11.8 Å². The monoisotopic (exact) mass is 237 g/mol. The third-order valence-corrected chi connectivity index (χ3v) is 2.78. The van der Waals surface area contributed by atoms with Gasteiger partial charge in [0.05, 0.1) is 11.9 Å². The first-order chi connectivity index (χ1) is 8.15. The van der Waals surface area contributed by atoms with Crippen LogP contribution in [-0.4, -0.2) is 27.9 Å². The Labute approximate surface area is 98.6 Å². The summed E-state index contributed by atoms with van der Waals surface area (Å²) in [5, 5.41) is 8.67. The van der Waals surface area contributed by atoms with Crippen LogP contribution in [-0.2, 0) is 6.42 Å². The maximum atomic E-state index is 10.6. The number of aromatic nitrogens is 1. The number of aromatic carboxylic acids is 1. The van der Waals surface area contributed by atoms with Crippen LogP contribution in [0.25, 0.3) is 0 Å². The molecule has 6 heteroatoms. The van der Waals surface area contributed by atoms with Crippen molar-refractivity contribution in [1.82, 2.24) is 4.98 Å². The molecule has 1 aromatic heterocycles. The number of nitrogens with zero attached hydrogens (tertiary/aromatic N) is 2. The van der Waals surface area contributed by atoms with Crippen molar-refractivity contribution in [3.05, 3.63) is 17.8 Å². The van der Waals surface area contributed by atoms with Gasteiger partial charge in [0.25, 0.3) is 0 Å². The molecule has 0 amide bonds. The molecule has 0 aromatic carbocycles. The number of hydrogen-bond donors (Lipinski definition) is 2. The van der Waals surface area contributed by atoms with E-state index in [2.05, 4.69) is 9.98 Å². The average Bonchev–Trinajstić information content (AvgIpc) is 2.88. The molecule has 6 nitrogen and oxygen atoms in total. The highest BCUT2D eigenvalue weighted by Crippen LogP contribution is 2.17. The highest BCUT2D eigenvalue weighted by molar-refractivity contribution is 5.84. The van der Waals surface area contributed by atoms with E-state index < -0.39 is 5.97 Å². The maximum absolute atomic E-state index is 10.6. The van der Waals surface area contributed by atoms with Gasteiger partial charge in [0.15, 0.2) is 11.6 Å². The summed E-state index contributed by atoms with van der Waals surface area (Å²) in [5.41, 5.74) is 5.56. The molecule has 1 unspecified atom stereocenters. The quantitative estimate of drug-likeness (QED) is 0.801. The Morgan fingerprint density at radius 2 is 2.47 bits per heavy atom. The second kappa shape index (κ2) is 4.99. The lowest BCUT2D eigenvalue weighted by Crippen LogP contribution is -2.06. The number of carboxylic acid groups (broad SMARTS) is 1. The molecule has 17 heavy (non-hydrogen) atoms. The smallest absolute Gasteiger partial charge is 0.357 e. The van der Waals surface area contributed by atoms with Gasteiger partial charge in [0.1, 0.15) is 6.26 Å². The van der Waals surface area contributed by atoms with Crippen molar-refractivity contribution in [2.24, 2.45) is 10.7 Å². The molecule has 0 bridgehead atoms. The molecule has 0 radical (unpaired) electrons. The molecule has 1 aromatic rings. The fourth-order valence-corrected chi connectivity index (χ4v) is 1.90. The third-order valence-electron chi connectivity index (χ3n) is 2.78. The number of carboxylic acids is 1. The standard InChI is InChI=1S/C11H15N3O3/c12-9-5-4-7(13-9)2-1-3-10-14-8(6-17-10)11(15)16/h6-7H,1-5H2,(H2,12,13)(H,15,16). The largest absolute Gasteiger partial charge is 0.476 e. The summed E-state index contributed by atoms with van der Waals surface area (Å²) in [6, 6.07) is 0.309. The van der Waals surface area contributed by atoms with Crippen molar-refractivity contribution in [1.29, 1.82) is 0 Å². The van der Waals surface area contributed by atoms with E-state index in [9.17, 15) is 4.79 Å². The number of amidine groups is 1. The normalized spacial score (nSPS) is 19.3. The summed E-state index contributed by atoms with van der Waals surface area (Å²) in [5.74, 6) is 0.143. The highest BCUT2D eigenvalue weighted by atomic mass is 16.4. The van der Waals surface area contributed by atoms with Gasteiger partial charge in [-0.25, -0.2) is 9.78 Å². The molecule has 2 heterocycles. The number of aryl methyl sites for hydroxylation is 1. The van der Waals surface area contributed by atoms with E-state index in [0.29, 0.717) is 18.4 Å². The molecule has 3 N–H and O–H groups in total. The zero-order valence-corrected chi connectivity index (χ0v) is 9.43. The Morgan fingerprint density at radius 1 is 1.65 bits per heavy atom. The first-order valence-electron chi connectivity index (χ1n) is 5.65. The topological polar surface area (TPSA) is 102 Å². The van der Waals surface area contributed by atoms with Crippen LogP contribution in [0.3, 0.4) is 0 Å². The number of carbonyl (C=O) groups is 1. The lowest BCUT2D eigenvalue weighted by Gasteiger charge is -2.03. The number of hydrogen-bond acceptors (Lipinski definition) is 5. The molecule has 92 valence electrons. The molecular formula is C11H15N3O3. The van der Waals surface area contributed by atoms with Gasteiger partial charge in [-0.2, -0.15) is 0 Å². The summed E-state index contributed by atoms with van der Waals surface area (Å²) in [6.45, 7) is 0. The van der Waals surface area contributed by atoms with Crippen molar-refractivity contribution in [2.45, 2.75) is 38.1 Å². The molecule has 0 fully saturated rings. The SMILES string of the molecule is NC1=NC(CCCc2nc(C(=O)O)co2)CC1. The Balaban J connectivity index is 1.76. The summed E-state index contributed by atoms with van der Waals surface area (Å²) in [6.07, 6.45) is 5.51. The zero-order valence-electron chi connectivity index (χ0n) is 9.43. The van der Waals surface area contributed by atoms with Crippen LogP contribution < -0.4 is 5.73 Å². The predicted molar refractivity (Wildman–Crippen MR) is 61.0 cm³/mol. The molecule has 0 aliphatic carbocycles. The molecule has 0 saturated carbocycles. The Bertz CT molecular complexity index is 439. The second-order valence-electron chi connectivity index (χ2n) is 4.14. The number of nitrogens with two attached hydrogens (primary N) is 1. The van der Waals surface area contributed by atoms with Crippen LogP contribution >= 0.6 is 0 Å². The predicted octanol–water partition coefficient (Wildman–Crippen LogP) is 1.22. The van der Waals surface area contributed by atoms with Gasteiger partial charge in [-0.1, -0.05) is 0 Å². The van der Waals surface area contributed by atoms with Crippen molar-refractivity contribution in [3.63, 3.8) is 0 Å². The molecule has 2 rings (SSSR count). The van der Waals surface area contributed by atoms with E-state index >= 15 is 0 Å². The molecule has 1 aliphatic rings. The number of aliphatic imine (C=N–C) groups is 1. The molecular weight excluding hydrogens is 222 g/mol. The summed E-state index contributed by atoms with van der Waals surface area (Å²) >= 11 is 0. The van der Waals surface area contributed by atoms with Crippen LogP contribution in [0.15, 0.2) is 15.7 Å². The van der Waals surface area contributed by atoms with Gasteiger partial charge < -0.3 is 15.3 Å². The first-order valence-corrected chi connectivity index (χ1v) is 5.65. The third kappa shape index (κ3) is 3.05. The van der Waals surface area contributed by atoms with Crippen LogP contribution in [0.5, 0.6) is 0 Å². The van der Waals surface area contributed by atoms with Gasteiger partial charge in [0.2, 0.25) is 0 Å².